The SMILES string of the molecule is O=S(O)C(Nc1ccccc1)c1ccccc1. The Kier molecular flexibility index (Phi) is 3.90. The van der Waals surface area contributed by atoms with Crippen LogP contribution < -0.4 is 5.32 Å². The van der Waals surface area contributed by atoms with Crippen molar-refractivity contribution in [3.8, 4) is 0 Å². The fourth-order valence-electron chi connectivity index (χ4n) is 1.56. The van der Waals surface area contributed by atoms with E-state index in [0.717, 1.165) is 11.3 Å². The van der Waals surface area contributed by atoms with E-state index in [4.69, 9.17) is 0 Å². The molecule has 0 fully saturated rings. The Morgan fingerprint density at radius 2 is 1.47 bits per heavy atom. The number of anilines is 1. The van der Waals surface area contributed by atoms with Crippen LogP contribution in [0.5, 0.6) is 0 Å². The summed E-state index contributed by atoms with van der Waals surface area (Å²) < 4.78 is 20.7. The minimum absolute atomic E-state index is 0.612. The van der Waals surface area contributed by atoms with Crippen molar-refractivity contribution >= 4 is 16.8 Å². The summed E-state index contributed by atoms with van der Waals surface area (Å²) in [6.07, 6.45) is 0. The first kappa shape index (κ1) is 11.8. The number of nitrogens with one attached hydrogen (secondary N) is 1. The number of hydrogen-bond acceptors (Lipinski definition) is 2. The first-order chi connectivity index (χ1) is 8.27. The van der Waals surface area contributed by atoms with Gasteiger partial charge in [0, 0.05) is 5.69 Å². The molecule has 2 N–H and O–H groups in total. The Balaban J connectivity index is 2.23. The second kappa shape index (κ2) is 5.61. The highest BCUT2D eigenvalue weighted by atomic mass is 32.2. The molecule has 0 aliphatic rings. The van der Waals surface area contributed by atoms with Crippen molar-refractivity contribution in [3.05, 3.63) is 66.2 Å². The van der Waals surface area contributed by atoms with E-state index in [1.807, 2.05) is 60.7 Å². The summed E-state index contributed by atoms with van der Waals surface area (Å²) in [5.74, 6) is 0. The van der Waals surface area contributed by atoms with Gasteiger partial charge in [-0.25, -0.2) is 4.21 Å². The van der Waals surface area contributed by atoms with Gasteiger partial charge >= 0.3 is 0 Å². The topological polar surface area (TPSA) is 49.3 Å². The van der Waals surface area contributed by atoms with Gasteiger partial charge in [0.15, 0.2) is 16.5 Å². The van der Waals surface area contributed by atoms with Gasteiger partial charge < -0.3 is 9.87 Å². The molecule has 2 rings (SSSR count). The van der Waals surface area contributed by atoms with Crippen LogP contribution in [-0.4, -0.2) is 8.76 Å². The lowest BCUT2D eigenvalue weighted by Gasteiger charge is -2.16. The molecule has 4 heteroatoms. The number of hydrogen-bond donors (Lipinski definition) is 2. The van der Waals surface area contributed by atoms with E-state index in [2.05, 4.69) is 5.32 Å². The van der Waals surface area contributed by atoms with E-state index in [0.29, 0.717) is 0 Å². The molecule has 0 aliphatic heterocycles. The van der Waals surface area contributed by atoms with Crippen molar-refractivity contribution in [1.82, 2.24) is 0 Å². The van der Waals surface area contributed by atoms with E-state index in [1.54, 1.807) is 0 Å². The third-order valence-electron chi connectivity index (χ3n) is 2.38. The zero-order valence-corrected chi connectivity index (χ0v) is 9.93. The molecular weight excluding hydrogens is 234 g/mol. The molecule has 2 unspecified atom stereocenters. The van der Waals surface area contributed by atoms with Gasteiger partial charge in [0.05, 0.1) is 0 Å². The summed E-state index contributed by atoms with van der Waals surface area (Å²) in [5.41, 5.74) is 1.61. The first-order valence-electron chi connectivity index (χ1n) is 5.23. The zero-order valence-electron chi connectivity index (χ0n) is 9.11. The molecule has 88 valence electrons. The highest BCUT2D eigenvalue weighted by Crippen LogP contribution is 2.21. The quantitative estimate of drug-likeness (QED) is 0.816. The van der Waals surface area contributed by atoms with Gasteiger partial charge in [-0.15, -0.1) is 0 Å². The Morgan fingerprint density at radius 3 is 2.00 bits per heavy atom. The van der Waals surface area contributed by atoms with Crippen LogP contribution in [0.4, 0.5) is 5.69 Å². The third kappa shape index (κ3) is 3.15. The highest BCUT2D eigenvalue weighted by molar-refractivity contribution is 7.79. The molecule has 2 aromatic carbocycles. The standard InChI is InChI=1S/C13H13NO2S/c15-17(16)13(11-7-3-1-4-8-11)14-12-9-5-2-6-10-12/h1-10,13-14H,(H,15,16). The number of para-hydroxylation sites is 1. The predicted molar refractivity (Wildman–Crippen MR) is 70.0 cm³/mol. The predicted octanol–water partition coefficient (Wildman–Crippen LogP) is 3.02. The Morgan fingerprint density at radius 1 is 0.941 bits per heavy atom. The van der Waals surface area contributed by atoms with Gasteiger partial charge in [0.25, 0.3) is 0 Å². The van der Waals surface area contributed by atoms with Gasteiger partial charge in [0.2, 0.25) is 0 Å². The molecular formula is C13H13NO2S. The summed E-state index contributed by atoms with van der Waals surface area (Å²) in [6.45, 7) is 0. The maximum absolute atomic E-state index is 11.4. The minimum Gasteiger partial charge on any atom is -0.366 e. The Hall–Kier alpha value is -1.65. The summed E-state index contributed by atoms with van der Waals surface area (Å²) in [4.78, 5) is 0. The molecule has 3 nitrogen and oxygen atoms in total. The number of benzene rings is 2. The van der Waals surface area contributed by atoms with Crippen molar-refractivity contribution in [2.24, 2.45) is 0 Å². The second-order valence-electron chi connectivity index (χ2n) is 3.58. The first-order valence-corrected chi connectivity index (χ1v) is 6.40. The summed E-state index contributed by atoms with van der Waals surface area (Å²) in [7, 11) is 0. The maximum atomic E-state index is 11.4. The van der Waals surface area contributed by atoms with E-state index in [-0.39, 0.29) is 0 Å². The smallest absolute Gasteiger partial charge is 0.180 e. The van der Waals surface area contributed by atoms with Crippen LogP contribution in [-0.2, 0) is 11.1 Å². The average molecular weight is 247 g/mol. The molecule has 17 heavy (non-hydrogen) atoms. The molecule has 2 aromatic rings. The van der Waals surface area contributed by atoms with E-state index < -0.39 is 16.5 Å². The minimum atomic E-state index is -1.97. The molecule has 0 saturated heterocycles. The third-order valence-corrected chi connectivity index (χ3v) is 3.17. The maximum Gasteiger partial charge on any atom is 0.180 e. The lowest BCUT2D eigenvalue weighted by atomic mass is 10.2. The molecule has 0 aliphatic carbocycles. The molecule has 0 spiro atoms. The molecule has 0 heterocycles. The zero-order chi connectivity index (χ0) is 12.1. The molecule has 0 saturated carbocycles. The Bertz CT molecular complexity index is 487. The van der Waals surface area contributed by atoms with E-state index in [1.165, 1.54) is 0 Å². The lowest BCUT2D eigenvalue weighted by molar-refractivity contribution is 0.555. The van der Waals surface area contributed by atoms with Gasteiger partial charge in [-0.3, -0.25) is 0 Å². The van der Waals surface area contributed by atoms with Crippen molar-refractivity contribution in [1.29, 1.82) is 0 Å². The van der Waals surface area contributed by atoms with Crippen LogP contribution in [0, 0.1) is 0 Å². The van der Waals surface area contributed by atoms with Gasteiger partial charge in [-0.2, -0.15) is 0 Å². The molecule has 0 bridgehead atoms. The lowest BCUT2D eigenvalue weighted by Crippen LogP contribution is -2.15. The van der Waals surface area contributed by atoms with Gasteiger partial charge in [0.1, 0.15) is 0 Å². The largest absolute Gasteiger partial charge is 0.366 e. The molecule has 0 radical (unpaired) electrons. The summed E-state index contributed by atoms with van der Waals surface area (Å²) in [5, 5.41) is 2.43. The summed E-state index contributed by atoms with van der Waals surface area (Å²) >= 11 is -1.97. The second-order valence-corrected chi connectivity index (χ2v) is 4.60. The van der Waals surface area contributed by atoms with Crippen LogP contribution in [0.1, 0.15) is 10.9 Å². The van der Waals surface area contributed by atoms with Crippen LogP contribution >= 0.6 is 0 Å². The number of rotatable bonds is 4. The molecule has 2 atom stereocenters. The average Bonchev–Trinajstić information content (AvgIpc) is 2.38. The molecule has 0 aromatic heterocycles. The highest BCUT2D eigenvalue weighted by Gasteiger charge is 2.16. The van der Waals surface area contributed by atoms with Crippen LogP contribution in [0.25, 0.3) is 0 Å². The van der Waals surface area contributed by atoms with Crippen LogP contribution in [0.2, 0.25) is 0 Å². The van der Waals surface area contributed by atoms with E-state index >= 15 is 0 Å². The monoisotopic (exact) mass is 247 g/mol. The fourth-order valence-corrected chi connectivity index (χ4v) is 2.19. The fraction of sp³-hybridized carbons (Fsp3) is 0.0769. The van der Waals surface area contributed by atoms with Crippen molar-refractivity contribution in [3.63, 3.8) is 0 Å². The van der Waals surface area contributed by atoms with Crippen molar-refractivity contribution in [2.45, 2.75) is 5.37 Å². The van der Waals surface area contributed by atoms with E-state index in [9.17, 15) is 8.76 Å². The van der Waals surface area contributed by atoms with Gasteiger partial charge in [-0.1, -0.05) is 48.5 Å². The Labute approximate surface area is 103 Å². The van der Waals surface area contributed by atoms with Crippen LogP contribution in [0.15, 0.2) is 60.7 Å². The van der Waals surface area contributed by atoms with Crippen molar-refractivity contribution < 1.29 is 8.76 Å². The molecule has 0 amide bonds. The van der Waals surface area contributed by atoms with Crippen LogP contribution in [0.3, 0.4) is 0 Å². The summed E-state index contributed by atoms with van der Waals surface area (Å²) in [6, 6.07) is 18.6. The van der Waals surface area contributed by atoms with Crippen molar-refractivity contribution in [2.75, 3.05) is 5.32 Å². The normalized spacial score (nSPS) is 13.9. The van der Waals surface area contributed by atoms with Gasteiger partial charge in [-0.05, 0) is 17.7 Å².